The summed E-state index contributed by atoms with van der Waals surface area (Å²) in [6.45, 7) is 0. The normalized spacial score (nSPS) is 28.7. The lowest BCUT2D eigenvalue weighted by atomic mass is 9.89. The zero-order valence-electron chi connectivity index (χ0n) is 10.1. The first-order chi connectivity index (χ1) is 9.08. The number of fused-ring (bicyclic) bond motifs is 2. The number of carboxylic acid groups (broad SMARTS) is 1. The third-order valence-electron chi connectivity index (χ3n) is 4.02. The van der Waals surface area contributed by atoms with Gasteiger partial charge in [-0.1, -0.05) is 17.7 Å². The van der Waals surface area contributed by atoms with Crippen LogP contribution in [0.3, 0.4) is 0 Å². The van der Waals surface area contributed by atoms with E-state index in [4.69, 9.17) is 11.6 Å². The Balaban J connectivity index is 1.87. The molecule has 0 saturated carbocycles. The van der Waals surface area contributed by atoms with Gasteiger partial charge in [0.25, 0.3) is 5.91 Å². The minimum absolute atomic E-state index is 0.0272. The molecule has 19 heavy (non-hydrogen) atoms. The van der Waals surface area contributed by atoms with Gasteiger partial charge in [-0.3, -0.25) is 9.59 Å². The van der Waals surface area contributed by atoms with Crippen molar-refractivity contribution in [1.29, 1.82) is 0 Å². The quantitative estimate of drug-likeness (QED) is 0.839. The van der Waals surface area contributed by atoms with Crippen molar-refractivity contribution in [3.8, 4) is 0 Å². The molecule has 1 aromatic rings. The number of pyridine rings is 1. The predicted molar refractivity (Wildman–Crippen MR) is 68.0 cm³/mol. The van der Waals surface area contributed by atoms with E-state index in [2.05, 4.69) is 4.98 Å². The second-order valence-corrected chi connectivity index (χ2v) is 5.42. The summed E-state index contributed by atoms with van der Waals surface area (Å²) >= 11 is 5.79. The molecule has 2 aliphatic rings. The number of aromatic nitrogens is 1. The van der Waals surface area contributed by atoms with Crippen LogP contribution in [-0.4, -0.2) is 39.0 Å². The molecule has 0 spiro atoms. The minimum atomic E-state index is -0.816. The Morgan fingerprint density at radius 3 is 2.79 bits per heavy atom. The molecule has 5 nitrogen and oxygen atoms in total. The molecule has 1 aromatic heterocycles. The Morgan fingerprint density at radius 2 is 2.16 bits per heavy atom. The standard InChI is InChI=1S/C13H13ClN2O3/c14-11-3-1-2-9(15-11)12(17)16-7-4-5-10(16)8(6-7)13(18)19/h1-3,7-8,10H,4-6H2,(H,18,19). The van der Waals surface area contributed by atoms with Crippen LogP contribution in [0.4, 0.5) is 0 Å². The number of carboxylic acids is 1. The van der Waals surface area contributed by atoms with Gasteiger partial charge >= 0.3 is 5.97 Å². The fraction of sp³-hybridized carbons (Fsp3) is 0.462. The maximum atomic E-state index is 12.4. The minimum Gasteiger partial charge on any atom is -0.481 e. The van der Waals surface area contributed by atoms with Crippen molar-refractivity contribution in [2.45, 2.75) is 31.3 Å². The van der Waals surface area contributed by atoms with E-state index in [1.54, 1.807) is 23.1 Å². The molecule has 3 rings (SSSR count). The van der Waals surface area contributed by atoms with Crippen molar-refractivity contribution in [1.82, 2.24) is 9.88 Å². The number of nitrogens with zero attached hydrogens (tertiary/aromatic N) is 2. The molecule has 1 N–H and O–H groups in total. The molecule has 3 unspecified atom stereocenters. The predicted octanol–water partition coefficient (Wildman–Crippen LogP) is 1.81. The average Bonchev–Trinajstić information content (AvgIpc) is 2.95. The smallest absolute Gasteiger partial charge is 0.308 e. The van der Waals surface area contributed by atoms with Gasteiger partial charge < -0.3 is 10.0 Å². The summed E-state index contributed by atoms with van der Waals surface area (Å²) in [5.41, 5.74) is 0.287. The van der Waals surface area contributed by atoms with E-state index in [0.717, 1.165) is 12.8 Å². The highest BCUT2D eigenvalue weighted by Crippen LogP contribution is 2.42. The van der Waals surface area contributed by atoms with Gasteiger partial charge in [-0.05, 0) is 31.4 Å². The van der Waals surface area contributed by atoms with Gasteiger partial charge in [-0.2, -0.15) is 0 Å². The average molecular weight is 281 g/mol. The van der Waals surface area contributed by atoms with Crippen LogP contribution >= 0.6 is 11.6 Å². The molecule has 3 heterocycles. The van der Waals surface area contributed by atoms with Gasteiger partial charge in [0, 0.05) is 12.1 Å². The van der Waals surface area contributed by atoms with Gasteiger partial charge in [0.05, 0.1) is 5.92 Å². The van der Waals surface area contributed by atoms with Gasteiger partial charge in [-0.15, -0.1) is 0 Å². The molecule has 2 saturated heterocycles. The number of amides is 1. The van der Waals surface area contributed by atoms with Gasteiger partial charge in [0.15, 0.2) is 0 Å². The van der Waals surface area contributed by atoms with E-state index in [9.17, 15) is 14.7 Å². The maximum Gasteiger partial charge on any atom is 0.308 e. The summed E-state index contributed by atoms with van der Waals surface area (Å²) in [6, 6.07) is 4.73. The summed E-state index contributed by atoms with van der Waals surface area (Å²) < 4.78 is 0. The monoisotopic (exact) mass is 280 g/mol. The van der Waals surface area contributed by atoms with Crippen LogP contribution in [0.5, 0.6) is 0 Å². The lowest BCUT2D eigenvalue weighted by molar-refractivity contribution is -0.142. The van der Waals surface area contributed by atoms with Crippen molar-refractivity contribution < 1.29 is 14.7 Å². The van der Waals surface area contributed by atoms with Crippen molar-refractivity contribution >= 4 is 23.5 Å². The topological polar surface area (TPSA) is 70.5 Å². The third kappa shape index (κ3) is 1.98. The van der Waals surface area contributed by atoms with Crippen LogP contribution in [0.1, 0.15) is 29.8 Å². The van der Waals surface area contributed by atoms with Crippen molar-refractivity contribution in [2.75, 3.05) is 0 Å². The van der Waals surface area contributed by atoms with Crippen molar-refractivity contribution in [3.63, 3.8) is 0 Å². The second-order valence-electron chi connectivity index (χ2n) is 5.04. The SMILES string of the molecule is O=C(O)C1CC2CCC1N2C(=O)c1cccc(Cl)n1. The molecular weight excluding hydrogens is 268 g/mol. The van der Waals surface area contributed by atoms with E-state index in [0.29, 0.717) is 6.42 Å². The summed E-state index contributed by atoms with van der Waals surface area (Å²) in [5.74, 6) is -1.47. The fourth-order valence-electron chi connectivity index (χ4n) is 3.23. The van der Waals surface area contributed by atoms with Crippen molar-refractivity contribution in [2.24, 2.45) is 5.92 Å². The summed E-state index contributed by atoms with van der Waals surface area (Å²) in [6.07, 6.45) is 2.18. The Morgan fingerprint density at radius 1 is 1.37 bits per heavy atom. The Hall–Kier alpha value is -1.62. The first kappa shape index (κ1) is 12.4. The Kier molecular flexibility index (Phi) is 2.93. The molecule has 6 heteroatoms. The van der Waals surface area contributed by atoms with Crippen LogP contribution in [0.15, 0.2) is 18.2 Å². The summed E-state index contributed by atoms with van der Waals surface area (Å²) in [4.78, 5) is 29.3. The molecule has 1 amide bonds. The zero-order chi connectivity index (χ0) is 13.6. The Bertz CT molecular complexity index is 548. The highest BCUT2D eigenvalue weighted by molar-refractivity contribution is 6.29. The molecule has 0 aliphatic carbocycles. The number of carbonyl (C=O) groups is 2. The number of aliphatic carboxylic acids is 1. The van der Waals surface area contributed by atoms with Gasteiger partial charge in [0.2, 0.25) is 0 Å². The number of hydrogen-bond donors (Lipinski definition) is 1. The van der Waals surface area contributed by atoms with E-state index in [1.807, 2.05) is 0 Å². The highest BCUT2D eigenvalue weighted by Gasteiger charge is 2.51. The van der Waals surface area contributed by atoms with Gasteiger partial charge in [-0.25, -0.2) is 4.98 Å². The maximum absolute atomic E-state index is 12.4. The first-order valence-electron chi connectivity index (χ1n) is 6.26. The van der Waals surface area contributed by atoms with Crippen LogP contribution in [0, 0.1) is 5.92 Å². The van der Waals surface area contributed by atoms with Crippen LogP contribution < -0.4 is 0 Å². The highest BCUT2D eigenvalue weighted by atomic mass is 35.5. The Labute approximate surface area is 115 Å². The fourth-order valence-corrected chi connectivity index (χ4v) is 3.39. The lowest BCUT2D eigenvalue weighted by Crippen LogP contribution is -2.38. The summed E-state index contributed by atoms with van der Waals surface area (Å²) in [5, 5.41) is 9.45. The number of halogens is 1. The molecule has 0 radical (unpaired) electrons. The molecule has 2 aliphatic heterocycles. The van der Waals surface area contributed by atoms with E-state index in [1.165, 1.54) is 0 Å². The molecule has 3 atom stereocenters. The molecular formula is C13H13ClN2O3. The summed E-state index contributed by atoms with van der Waals surface area (Å²) in [7, 11) is 0. The van der Waals surface area contributed by atoms with E-state index in [-0.39, 0.29) is 28.8 Å². The zero-order valence-corrected chi connectivity index (χ0v) is 10.9. The lowest BCUT2D eigenvalue weighted by Gasteiger charge is -2.22. The number of hydrogen-bond acceptors (Lipinski definition) is 3. The largest absolute Gasteiger partial charge is 0.481 e. The molecule has 0 aromatic carbocycles. The van der Waals surface area contributed by atoms with Crippen LogP contribution in [-0.2, 0) is 4.79 Å². The first-order valence-corrected chi connectivity index (χ1v) is 6.64. The van der Waals surface area contributed by atoms with E-state index >= 15 is 0 Å². The van der Waals surface area contributed by atoms with E-state index < -0.39 is 11.9 Å². The van der Waals surface area contributed by atoms with Gasteiger partial charge in [0.1, 0.15) is 10.8 Å². The number of carbonyl (C=O) groups excluding carboxylic acids is 1. The molecule has 100 valence electrons. The van der Waals surface area contributed by atoms with Crippen molar-refractivity contribution in [3.05, 3.63) is 29.0 Å². The molecule has 2 bridgehead atoms. The molecule has 2 fully saturated rings. The number of rotatable bonds is 2. The third-order valence-corrected chi connectivity index (χ3v) is 4.23. The van der Waals surface area contributed by atoms with Crippen LogP contribution in [0.2, 0.25) is 5.15 Å². The second kappa shape index (κ2) is 4.49. The van der Waals surface area contributed by atoms with Crippen LogP contribution in [0.25, 0.3) is 0 Å².